The van der Waals surface area contributed by atoms with E-state index in [2.05, 4.69) is 58.5 Å². The predicted molar refractivity (Wildman–Crippen MR) is 85.1 cm³/mol. The number of nitrogens with one attached hydrogen (secondary N) is 1. The third-order valence-electron chi connectivity index (χ3n) is 3.36. The van der Waals surface area contributed by atoms with E-state index in [1.165, 1.54) is 11.3 Å². The van der Waals surface area contributed by atoms with Gasteiger partial charge in [0.2, 0.25) is 0 Å². The van der Waals surface area contributed by atoms with Crippen molar-refractivity contribution in [2.45, 2.75) is 12.6 Å². The molecule has 0 amide bonds. The molecule has 0 bridgehead atoms. The van der Waals surface area contributed by atoms with Crippen LogP contribution in [0.4, 0.5) is 0 Å². The Balaban J connectivity index is 0.000000207. The third-order valence-corrected chi connectivity index (χ3v) is 3.36. The van der Waals surface area contributed by atoms with Crippen molar-refractivity contribution in [2.75, 3.05) is 6.54 Å². The number of carbonyl (C=O) groups is 2. The van der Waals surface area contributed by atoms with Gasteiger partial charge in [-0.3, -0.25) is 0 Å². The number of carboxylic acids is 2. The number of aliphatic carboxylic acids is 2. The van der Waals surface area contributed by atoms with Gasteiger partial charge in [0.1, 0.15) is 0 Å². The van der Waals surface area contributed by atoms with Crippen LogP contribution in [0.3, 0.4) is 0 Å². The van der Waals surface area contributed by atoms with Gasteiger partial charge in [-0.25, -0.2) is 9.59 Å². The highest BCUT2D eigenvalue weighted by molar-refractivity contribution is 5.89. The molecule has 0 saturated carbocycles. The number of hydrogen-bond donors (Lipinski definition) is 3. The van der Waals surface area contributed by atoms with Crippen LogP contribution in [-0.4, -0.2) is 33.3 Å². The summed E-state index contributed by atoms with van der Waals surface area (Å²) in [7, 11) is 0. The number of hydrogen-bond acceptors (Lipinski definition) is 3. The quantitative estimate of drug-likeness (QED) is 0.753. The first-order valence-electron chi connectivity index (χ1n) is 7.15. The lowest BCUT2D eigenvalue weighted by Crippen LogP contribution is -2.33. The van der Waals surface area contributed by atoms with Gasteiger partial charge in [0, 0.05) is 37.1 Å². The summed E-state index contributed by atoms with van der Waals surface area (Å²) in [5.74, 6) is -2.51. The van der Waals surface area contributed by atoms with Crippen molar-refractivity contribution in [3.63, 3.8) is 0 Å². The SMILES string of the molecule is O=C(O)/C=C/C(=O)O.c1ccc(C2NCCn3cccc32)cc1. The highest BCUT2D eigenvalue weighted by Crippen LogP contribution is 2.24. The molecule has 2 aromatic rings. The van der Waals surface area contributed by atoms with Crippen LogP contribution < -0.4 is 5.32 Å². The molecule has 3 N–H and O–H groups in total. The second-order valence-corrected chi connectivity index (χ2v) is 4.93. The van der Waals surface area contributed by atoms with Gasteiger partial charge in [-0.1, -0.05) is 30.3 Å². The number of nitrogens with zero attached hydrogens (tertiary/aromatic N) is 1. The van der Waals surface area contributed by atoms with E-state index < -0.39 is 11.9 Å². The van der Waals surface area contributed by atoms with E-state index in [1.807, 2.05) is 0 Å². The van der Waals surface area contributed by atoms with Crippen molar-refractivity contribution in [2.24, 2.45) is 0 Å². The zero-order chi connectivity index (χ0) is 16.7. The zero-order valence-corrected chi connectivity index (χ0v) is 12.4. The first-order chi connectivity index (χ1) is 11.1. The van der Waals surface area contributed by atoms with Crippen molar-refractivity contribution in [1.29, 1.82) is 0 Å². The molecule has 6 nitrogen and oxygen atoms in total. The maximum Gasteiger partial charge on any atom is 0.328 e. The van der Waals surface area contributed by atoms with Crippen LogP contribution >= 0.6 is 0 Å². The van der Waals surface area contributed by atoms with E-state index in [-0.39, 0.29) is 0 Å². The van der Waals surface area contributed by atoms with Crippen LogP contribution in [0.15, 0.2) is 60.8 Å². The molecule has 1 aliphatic heterocycles. The minimum atomic E-state index is -1.26. The van der Waals surface area contributed by atoms with E-state index >= 15 is 0 Å². The molecule has 1 unspecified atom stereocenters. The second-order valence-electron chi connectivity index (χ2n) is 4.93. The Kier molecular flexibility index (Phi) is 5.71. The molecule has 1 aromatic heterocycles. The second kappa shape index (κ2) is 7.95. The van der Waals surface area contributed by atoms with Crippen molar-refractivity contribution in [3.05, 3.63) is 72.1 Å². The van der Waals surface area contributed by atoms with Gasteiger partial charge in [0.15, 0.2) is 0 Å². The average Bonchev–Trinajstić information content (AvgIpc) is 3.03. The van der Waals surface area contributed by atoms with Gasteiger partial charge in [-0.15, -0.1) is 0 Å². The predicted octanol–water partition coefficient (Wildman–Crippen LogP) is 1.89. The summed E-state index contributed by atoms with van der Waals surface area (Å²) in [4.78, 5) is 19.1. The Morgan fingerprint density at radius 2 is 1.70 bits per heavy atom. The topological polar surface area (TPSA) is 91.6 Å². The Hall–Kier alpha value is -2.86. The minimum absolute atomic E-state index is 0.356. The Morgan fingerprint density at radius 1 is 1.04 bits per heavy atom. The van der Waals surface area contributed by atoms with Crippen LogP contribution in [0.1, 0.15) is 17.3 Å². The van der Waals surface area contributed by atoms with Crippen LogP contribution in [-0.2, 0) is 16.1 Å². The van der Waals surface area contributed by atoms with Gasteiger partial charge in [0.05, 0.1) is 6.04 Å². The normalized spacial score (nSPS) is 16.3. The van der Waals surface area contributed by atoms with E-state index in [0.29, 0.717) is 18.2 Å². The van der Waals surface area contributed by atoms with Gasteiger partial charge in [-0.05, 0) is 17.7 Å². The first kappa shape index (κ1) is 16.5. The smallest absolute Gasteiger partial charge is 0.328 e. The van der Waals surface area contributed by atoms with Crippen molar-refractivity contribution < 1.29 is 19.8 Å². The average molecular weight is 314 g/mol. The molecule has 0 saturated heterocycles. The molecular formula is C17H18N2O4. The van der Waals surface area contributed by atoms with E-state index in [1.54, 1.807) is 0 Å². The summed E-state index contributed by atoms with van der Waals surface area (Å²) in [5.41, 5.74) is 2.71. The maximum atomic E-state index is 9.55. The van der Waals surface area contributed by atoms with Gasteiger partial charge < -0.3 is 20.1 Å². The Labute approximate surface area is 133 Å². The van der Waals surface area contributed by atoms with Crippen molar-refractivity contribution in [3.8, 4) is 0 Å². The number of rotatable bonds is 3. The number of benzene rings is 1. The Morgan fingerprint density at radius 3 is 2.30 bits per heavy atom. The molecule has 3 rings (SSSR count). The van der Waals surface area contributed by atoms with Gasteiger partial charge in [0.25, 0.3) is 0 Å². The van der Waals surface area contributed by atoms with E-state index in [0.717, 1.165) is 13.1 Å². The number of fused-ring (bicyclic) bond motifs is 1. The maximum absolute atomic E-state index is 9.55. The molecular weight excluding hydrogens is 296 g/mol. The van der Waals surface area contributed by atoms with Gasteiger partial charge in [-0.2, -0.15) is 0 Å². The molecule has 1 aromatic carbocycles. The van der Waals surface area contributed by atoms with Crippen molar-refractivity contribution >= 4 is 11.9 Å². The molecule has 0 spiro atoms. The monoisotopic (exact) mass is 314 g/mol. The van der Waals surface area contributed by atoms with Crippen LogP contribution in [0.25, 0.3) is 0 Å². The number of carboxylic acid groups (broad SMARTS) is 2. The molecule has 0 radical (unpaired) electrons. The molecule has 1 atom stereocenters. The fourth-order valence-electron chi connectivity index (χ4n) is 2.40. The standard InChI is InChI=1S/C13H14N2.C4H4O4/c1-2-5-11(6-3-1)13-12-7-4-9-15(12)10-8-14-13;5-3(6)1-2-4(7)8/h1-7,9,13-14H,8,10H2;1-2H,(H,5,6)(H,7,8)/b;2-1+. The molecule has 0 fully saturated rings. The molecule has 6 heteroatoms. The summed E-state index contributed by atoms with van der Waals surface area (Å²) in [6.45, 7) is 2.12. The highest BCUT2D eigenvalue weighted by atomic mass is 16.4. The molecule has 2 heterocycles. The highest BCUT2D eigenvalue weighted by Gasteiger charge is 2.19. The van der Waals surface area contributed by atoms with Crippen LogP contribution in [0.5, 0.6) is 0 Å². The lowest BCUT2D eigenvalue weighted by molar-refractivity contribution is -0.134. The number of aromatic nitrogens is 1. The molecule has 1 aliphatic rings. The minimum Gasteiger partial charge on any atom is -0.478 e. The summed E-state index contributed by atoms with van der Waals surface area (Å²) < 4.78 is 2.33. The lowest BCUT2D eigenvalue weighted by atomic mass is 10.0. The van der Waals surface area contributed by atoms with Gasteiger partial charge >= 0.3 is 11.9 Å². The van der Waals surface area contributed by atoms with Crippen LogP contribution in [0.2, 0.25) is 0 Å². The molecule has 0 aliphatic carbocycles. The molecule has 23 heavy (non-hydrogen) atoms. The molecule has 120 valence electrons. The van der Waals surface area contributed by atoms with Crippen LogP contribution in [0, 0.1) is 0 Å². The third kappa shape index (κ3) is 4.82. The summed E-state index contributed by atoms with van der Waals surface area (Å²) >= 11 is 0. The summed E-state index contributed by atoms with van der Waals surface area (Å²) in [6.07, 6.45) is 3.27. The largest absolute Gasteiger partial charge is 0.478 e. The zero-order valence-electron chi connectivity index (χ0n) is 12.4. The van der Waals surface area contributed by atoms with Crippen molar-refractivity contribution in [1.82, 2.24) is 9.88 Å². The van der Waals surface area contributed by atoms with E-state index in [4.69, 9.17) is 10.2 Å². The first-order valence-corrected chi connectivity index (χ1v) is 7.15. The fourth-order valence-corrected chi connectivity index (χ4v) is 2.40. The van der Waals surface area contributed by atoms with E-state index in [9.17, 15) is 9.59 Å². The summed E-state index contributed by atoms with van der Waals surface area (Å²) in [5, 5.41) is 19.2. The summed E-state index contributed by atoms with van der Waals surface area (Å²) in [6, 6.07) is 15.3. The Bertz CT molecular complexity index is 676. The fraction of sp³-hybridized carbons (Fsp3) is 0.176. The lowest BCUT2D eigenvalue weighted by Gasteiger charge is -2.26.